The van der Waals surface area contributed by atoms with Crippen LogP contribution < -0.4 is 10.5 Å². The van der Waals surface area contributed by atoms with E-state index in [4.69, 9.17) is 10.5 Å². The SMILES string of the molecule is COc1ccccc1C(C)Cc1cccc(C(C)Cc2ccc(C(C)C)cc2)c1C(N)=O. The fourth-order valence-electron chi connectivity index (χ4n) is 4.52. The predicted molar refractivity (Wildman–Crippen MR) is 133 cm³/mol. The molecule has 0 fully saturated rings. The van der Waals surface area contributed by atoms with Crippen LogP contribution in [0, 0.1) is 0 Å². The van der Waals surface area contributed by atoms with Gasteiger partial charge in [0, 0.05) is 5.56 Å². The molecule has 0 saturated heterocycles. The number of benzene rings is 3. The second-order valence-corrected chi connectivity index (χ2v) is 9.09. The number of para-hydroxylation sites is 1. The van der Waals surface area contributed by atoms with E-state index in [0.717, 1.165) is 35.3 Å². The number of carbonyl (C=O) groups is 1. The van der Waals surface area contributed by atoms with Crippen molar-refractivity contribution in [3.8, 4) is 5.75 Å². The van der Waals surface area contributed by atoms with Crippen LogP contribution in [0.15, 0.2) is 66.7 Å². The van der Waals surface area contributed by atoms with Gasteiger partial charge in [-0.25, -0.2) is 0 Å². The lowest BCUT2D eigenvalue weighted by molar-refractivity contribution is 0.0998. The molecule has 2 atom stereocenters. The number of rotatable bonds is 9. The van der Waals surface area contributed by atoms with Gasteiger partial charge in [0.15, 0.2) is 0 Å². The standard InChI is InChI=1S/C29H35NO2/c1-19(2)23-15-13-22(14-16-23)17-20(3)26-11-8-9-24(28(26)29(30)31)18-21(4)25-10-6-7-12-27(25)32-5/h6-16,19-21H,17-18H2,1-5H3,(H2,30,31). The van der Waals surface area contributed by atoms with Gasteiger partial charge in [-0.1, -0.05) is 88.4 Å². The van der Waals surface area contributed by atoms with E-state index in [9.17, 15) is 4.79 Å². The molecule has 32 heavy (non-hydrogen) atoms. The molecule has 3 heteroatoms. The summed E-state index contributed by atoms with van der Waals surface area (Å²) in [5.41, 5.74) is 12.3. The van der Waals surface area contributed by atoms with E-state index in [2.05, 4.69) is 58.0 Å². The first-order valence-electron chi connectivity index (χ1n) is 11.4. The summed E-state index contributed by atoms with van der Waals surface area (Å²) in [6.07, 6.45) is 1.59. The first kappa shape index (κ1) is 23.6. The van der Waals surface area contributed by atoms with Gasteiger partial charge in [0.1, 0.15) is 5.75 Å². The lowest BCUT2D eigenvalue weighted by Gasteiger charge is -2.21. The summed E-state index contributed by atoms with van der Waals surface area (Å²) in [5, 5.41) is 0. The van der Waals surface area contributed by atoms with Crippen LogP contribution in [0.5, 0.6) is 5.75 Å². The summed E-state index contributed by atoms with van der Waals surface area (Å²) >= 11 is 0. The quantitative estimate of drug-likeness (QED) is 0.416. The molecule has 3 aromatic rings. The fraction of sp³-hybridized carbons (Fsp3) is 0.345. The van der Waals surface area contributed by atoms with Gasteiger partial charge in [-0.2, -0.15) is 0 Å². The minimum atomic E-state index is -0.357. The molecule has 3 rings (SSSR count). The normalized spacial score (nSPS) is 13.1. The van der Waals surface area contributed by atoms with Crippen LogP contribution in [0.3, 0.4) is 0 Å². The highest BCUT2D eigenvalue weighted by Gasteiger charge is 2.21. The highest BCUT2D eigenvalue weighted by Crippen LogP contribution is 2.32. The second-order valence-electron chi connectivity index (χ2n) is 9.09. The Hall–Kier alpha value is -3.07. The predicted octanol–water partition coefficient (Wildman–Crippen LogP) is 6.61. The third-order valence-corrected chi connectivity index (χ3v) is 6.34. The Balaban J connectivity index is 1.87. The third-order valence-electron chi connectivity index (χ3n) is 6.34. The van der Waals surface area contributed by atoms with Gasteiger partial charge < -0.3 is 10.5 Å². The average Bonchev–Trinajstić information content (AvgIpc) is 2.78. The molecular formula is C29H35NO2. The first-order chi connectivity index (χ1) is 15.3. The van der Waals surface area contributed by atoms with Crippen molar-refractivity contribution >= 4 is 5.91 Å². The highest BCUT2D eigenvalue weighted by atomic mass is 16.5. The average molecular weight is 430 g/mol. The molecule has 0 heterocycles. The van der Waals surface area contributed by atoms with Crippen molar-refractivity contribution < 1.29 is 9.53 Å². The Morgan fingerprint density at radius 3 is 2.06 bits per heavy atom. The number of hydrogen-bond donors (Lipinski definition) is 1. The number of primary amides is 1. The van der Waals surface area contributed by atoms with Gasteiger partial charge in [-0.15, -0.1) is 0 Å². The minimum Gasteiger partial charge on any atom is -0.496 e. The van der Waals surface area contributed by atoms with Crippen molar-refractivity contribution in [1.29, 1.82) is 0 Å². The zero-order chi connectivity index (χ0) is 23.3. The van der Waals surface area contributed by atoms with Crippen molar-refractivity contribution in [3.63, 3.8) is 0 Å². The number of methoxy groups -OCH3 is 1. The summed E-state index contributed by atoms with van der Waals surface area (Å²) in [7, 11) is 1.69. The Labute approximate surface area is 192 Å². The van der Waals surface area contributed by atoms with Gasteiger partial charge in [-0.3, -0.25) is 4.79 Å². The van der Waals surface area contributed by atoms with Crippen LogP contribution >= 0.6 is 0 Å². The Kier molecular flexibility index (Phi) is 7.74. The molecule has 0 saturated carbocycles. The molecule has 0 aliphatic carbocycles. The largest absolute Gasteiger partial charge is 0.496 e. The molecule has 0 aliphatic rings. The molecule has 2 unspecified atom stereocenters. The van der Waals surface area contributed by atoms with E-state index < -0.39 is 0 Å². The Bertz CT molecular complexity index is 1050. The van der Waals surface area contributed by atoms with E-state index >= 15 is 0 Å². The lowest BCUT2D eigenvalue weighted by atomic mass is 9.84. The van der Waals surface area contributed by atoms with Crippen LogP contribution in [0.1, 0.15) is 83.6 Å². The van der Waals surface area contributed by atoms with Crippen LogP contribution in [-0.2, 0) is 12.8 Å². The number of amides is 1. The monoisotopic (exact) mass is 429 g/mol. The maximum Gasteiger partial charge on any atom is 0.249 e. The number of nitrogens with two attached hydrogens (primary N) is 1. The molecule has 0 radical (unpaired) electrons. The molecular weight excluding hydrogens is 394 g/mol. The molecule has 2 N–H and O–H groups in total. The molecule has 168 valence electrons. The zero-order valence-corrected chi connectivity index (χ0v) is 19.9. The summed E-state index contributed by atoms with van der Waals surface area (Å²) in [4.78, 5) is 12.6. The Morgan fingerprint density at radius 2 is 1.44 bits per heavy atom. The van der Waals surface area contributed by atoms with E-state index in [-0.39, 0.29) is 17.7 Å². The van der Waals surface area contributed by atoms with Gasteiger partial charge in [-0.05, 0) is 64.5 Å². The van der Waals surface area contributed by atoms with E-state index in [1.54, 1.807) is 7.11 Å². The molecule has 0 spiro atoms. The number of hydrogen-bond acceptors (Lipinski definition) is 2. The first-order valence-corrected chi connectivity index (χ1v) is 11.4. The van der Waals surface area contributed by atoms with Crippen molar-refractivity contribution in [2.45, 2.75) is 58.3 Å². The number of ether oxygens (including phenoxy) is 1. The van der Waals surface area contributed by atoms with Crippen LogP contribution in [0.2, 0.25) is 0 Å². The van der Waals surface area contributed by atoms with Crippen LogP contribution in [0.4, 0.5) is 0 Å². The maximum absolute atomic E-state index is 12.6. The molecule has 3 nitrogen and oxygen atoms in total. The van der Waals surface area contributed by atoms with Crippen molar-refractivity contribution in [3.05, 3.63) is 100 Å². The van der Waals surface area contributed by atoms with Crippen molar-refractivity contribution in [2.24, 2.45) is 5.73 Å². The second kappa shape index (κ2) is 10.5. The van der Waals surface area contributed by atoms with Crippen molar-refractivity contribution in [2.75, 3.05) is 7.11 Å². The van der Waals surface area contributed by atoms with Crippen molar-refractivity contribution in [1.82, 2.24) is 0 Å². The molecule has 1 amide bonds. The van der Waals surface area contributed by atoms with Gasteiger partial charge in [0.25, 0.3) is 0 Å². The zero-order valence-electron chi connectivity index (χ0n) is 19.9. The van der Waals surface area contributed by atoms with E-state index in [1.165, 1.54) is 11.1 Å². The van der Waals surface area contributed by atoms with Crippen LogP contribution in [-0.4, -0.2) is 13.0 Å². The summed E-state index contributed by atoms with van der Waals surface area (Å²) in [6.45, 7) is 8.74. The third kappa shape index (κ3) is 5.40. The molecule has 3 aromatic carbocycles. The smallest absolute Gasteiger partial charge is 0.249 e. The van der Waals surface area contributed by atoms with Gasteiger partial charge >= 0.3 is 0 Å². The van der Waals surface area contributed by atoms with E-state index in [1.807, 2.05) is 36.4 Å². The summed E-state index contributed by atoms with van der Waals surface area (Å²) in [5.74, 6) is 1.41. The topological polar surface area (TPSA) is 52.3 Å². The van der Waals surface area contributed by atoms with Crippen LogP contribution in [0.25, 0.3) is 0 Å². The minimum absolute atomic E-state index is 0.184. The molecule has 0 aliphatic heterocycles. The number of carbonyl (C=O) groups excluding carboxylic acids is 1. The molecule has 0 aromatic heterocycles. The fourth-order valence-corrected chi connectivity index (χ4v) is 4.52. The maximum atomic E-state index is 12.6. The highest BCUT2D eigenvalue weighted by molar-refractivity contribution is 5.96. The van der Waals surface area contributed by atoms with Gasteiger partial charge in [0.2, 0.25) is 5.91 Å². The summed E-state index contributed by atoms with van der Waals surface area (Å²) in [6, 6.07) is 23.0. The lowest BCUT2D eigenvalue weighted by Crippen LogP contribution is -2.19. The molecule has 0 bridgehead atoms. The van der Waals surface area contributed by atoms with Gasteiger partial charge in [0.05, 0.1) is 7.11 Å². The Morgan fingerprint density at radius 1 is 0.812 bits per heavy atom. The van der Waals surface area contributed by atoms with E-state index in [0.29, 0.717) is 11.5 Å². The summed E-state index contributed by atoms with van der Waals surface area (Å²) < 4.78 is 5.54.